The topological polar surface area (TPSA) is 58.3 Å². The zero-order valence-electron chi connectivity index (χ0n) is 12.4. The number of phenols is 1. The summed E-state index contributed by atoms with van der Waals surface area (Å²) < 4.78 is 5.37. The predicted molar refractivity (Wildman–Crippen MR) is 85.3 cm³/mol. The highest BCUT2D eigenvalue weighted by Gasteiger charge is 2.09. The monoisotopic (exact) mass is 294 g/mol. The highest BCUT2D eigenvalue weighted by atomic mass is 16.5. The van der Waals surface area contributed by atoms with E-state index in [4.69, 9.17) is 4.52 Å². The van der Waals surface area contributed by atoms with E-state index in [1.165, 1.54) is 0 Å². The number of hydrogen-bond donors (Lipinski definition) is 2. The normalized spacial score (nSPS) is 12.2. The van der Waals surface area contributed by atoms with Crippen molar-refractivity contribution in [3.8, 4) is 17.0 Å². The smallest absolute Gasteiger partial charge is 0.151 e. The minimum absolute atomic E-state index is 0.109. The lowest BCUT2D eigenvalue weighted by atomic mass is 10.1. The summed E-state index contributed by atoms with van der Waals surface area (Å²) in [5, 5.41) is 17.0. The molecule has 22 heavy (non-hydrogen) atoms. The standard InChI is InChI=1S/C18H18N2O2/c1-13(15-8-5-9-16(21)10-15)19-12-17-11-18(20-22-17)14-6-3-2-4-7-14/h2-11,13,19,21H,12H2,1H3/t13-/m1/s1. The largest absolute Gasteiger partial charge is 0.508 e. The fraction of sp³-hybridized carbons (Fsp3) is 0.167. The van der Waals surface area contributed by atoms with Crippen molar-refractivity contribution in [2.45, 2.75) is 19.5 Å². The summed E-state index contributed by atoms with van der Waals surface area (Å²) in [6, 6.07) is 19.2. The Hall–Kier alpha value is -2.59. The van der Waals surface area contributed by atoms with Crippen LogP contribution in [0.25, 0.3) is 11.3 Å². The van der Waals surface area contributed by atoms with Gasteiger partial charge in [0.2, 0.25) is 0 Å². The average Bonchev–Trinajstić information content (AvgIpc) is 3.02. The van der Waals surface area contributed by atoms with Crippen LogP contribution >= 0.6 is 0 Å². The van der Waals surface area contributed by atoms with E-state index in [0.29, 0.717) is 6.54 Å². The number of aromatic hydroxyl groups is 1. The van der Waals surface area contributed by atoms with Gasteiger partial charge in [-0.3, -0.25) is 0 Å². The second kappa shape index (κ2) is 6.45. The Morgan fingerprint density at radius 2 is 1.91 bits per heavy atom. The van der Waals surface area contributed by atoms with Crippen molar-refractivity contribution < 1.29 is 9.63 Å². The predicted octanol–water partition coefficient (Wildman–Crippen LogP) is 3.90. The van der Waals surface area contributed by atoms with Crippen LogP contribution in [0.3, 0.4) is 0 Å². The fourth-order valence-corrected chi connectivity index (χ4v) is 2.31. The molecule has 4 nitrogen and oxygen atoms in total. The van der Waals surface area contributed by atoms with Gasteiger partial charge < -0.3 is 14.9 Å². The molecule has 0 saturated heterocycles. The first-order valence-corrected chi connectivity index (χ1v) is 7.26. The molecule has 0 radical (unpaired) electrons. The van der Waals surface area contributed by atoms with Gasteiger partial charge in [-0.1, -0.05) is 47.6 Å². The van der Waals surface area contributed by atoms with Crippen LogP contribution in [0.2, 0.25) is 0 Å². The average molecular weight is 294 g/mol. The van der Waals surface area contributed by atoms with Crippen molar-refractivity contribution in [3.05, 3.63) is 72.0 Å². The number of benzene rings is 2. The molecule has 0 aliphatic heterocycles. The van der Waals surface area contributed by atoms with Gasteiger partial charge in [0.05, 0.1) is 6.54 Å². The van der Waals surface area contributed by atoms with E-state index in [0.717, 1.165) is 22.6 Å². The molecule has 2 N–H and O–H groups in total. The fourth-order valence-electron chi connectivity index (χ4n) is 2.31. The second-order valence-electron chi connectivity index (χ2n) is 5.24. The summed E-state index contributed by atoms with van der Waals surface area (Å²) in [7, 11) is 0. The van der Waals surface area contributed by atoms with Crippen molar-refractivity contribution in [2.75, 3.05) is 0 Å². The van der Waals surface area contributed by atoms with E-state index in [1.54, 1.807) is 12.1 Å². The maximum atomic E-state index is 9.52. The molecule has 0 aliphatic rings. The molecular formula is C18H18N2O2. The molecule has 1 atom stereocenters. The van der Waals surface area contributed by atoms with E-state index in [-0.39, 0.29) is 11.8 Å². The van der Waals surface area contributed by atoms with Crippen LogP contribution < -0.4 is 5.32 Å². The quantitative estimate of drug-likeness (QED) is 0.749. The Morgan fingerprint density at radius 1 is 1.09 bits per heavy atom. The lowest BCUT2D eigenvalue weighted by molar-refractivity contribution is 0.367. The molecule has 0 fully saturated rings. The lowest BCUT2D eigenvalue weighted by Crippen LogP contribution is -2.17. The number of aromatic nitrogens is 1. The summed E-state index contributed by atoms with van der Waals surface area (Å²) in [6.07, 6.45) is 0. The number of hydrogen-bond acceptors (Lipinski definition) is 4. The van der Waals surface area contributed by atoms with Crippen LogP contribution in [0.4, 0.5) is 0 Å². The van der Waals surface area contributed by atoms with Gasteiger partial charge in [0.15, 0.2) is 5.76 Å². The van der Waals surface area contributed by atoms with Crippen molar-refractivity contribution >= 4 is 0 Å². The molecule has 4 heteroatoms. The molecule has 0 spiro atoms. The molecular weight excluding hydrogens is 276 g/mol. The molecule has 0 saturated carbocycles. The third kappa shape index (κ3) is 3.35. The summed E-state index contributed by atoms with van der Waals surface area (Å²) in [4.78, 5) is 0. The second-order valence-corrected chi connectivity index (χ2v) is 5.24. The lowest BCUT2D eigenvalue weighted by Gasteiger charge is -2.13. The number of nitrogens with one attached hydrogen (secondary N) is 1. The van der Waals surface area contributed by atoms with Crippen LogP contribution in [-0.4, -0.2) is 10.3 Å². The first-order chi connectivity index (χ1) is 10.7. The Balaban J connectivity index is 1.64. The SMILES string of the molecule is C[C@@H](NCc1cc(-c2ccccc2)no1)c1cccc(O)c1. The van der Waals surface area contributed by atoms with E-state index in [1.807, 2.05) is 55.5 Å². The van der Waals surface area contributed by atoms with Crippen LogP contribution in [-0.2, 0) is 6.54 Å². The van der Waals surface area contributed by atoms with Gasteiger partial charge in [0.25, 0.3) is 0 Å². The van der Waals surface area contributed by atoms with Crippen LogP contribution in [0.1, 0.15) is 24.3 Å². The zero-order valence-corrected chi connectivity index (χ0v) is 12.4. The molecule has 0 amide bonds. The van der Waals surface area contributed by atoms with Crippen LogP contribution in [0.15, 0.2) is 65.2 Å². The van der Waals surface area contributed by atoms with Gasteiger partial charge in [-0.05, 0) is 24.6 Å². The van der Waals surface area contributed by atoms with Crippen LogP contribution in [0, 0.1) is 0 Å². The Labute approximate surface area is 129 Å². The third-order valence-electron chi connectivity index (χ3n) is 3.58. The minimum Gasteiger partial charge on any atom is -0.508 e. The minimum atomic E-state index is 0.109. The summed E-state index contributed by atoms with van der Waals surface area (Å²) in [5.41, 5.74) is 2.91. The van der Waals surface area contributed by atoms with E-state index >= 15 is 0 Å². The van der Waals surface area contributed by atoms with E-state index < -0.39 is 0 Å². The Bertz CT molecular complexity index is 738. The Kier molecular flexibility index (Phi) is 4.21. The molecule has 112 valence electrons. The van der Waals surface area contributed by atoms with Gasteiger partial charge >= 0.3 is 0 Å². The maximum Gasteiger partial charge on any atom is 0.151 e. The van der Waals surface area contributed by atoms with Gasteiger partial charge in [-0.2, -0.15) is 0 Å². The zero-order chi connectivity index (χ0) is 15.4. The molecule has 1 heterocycles. The number of nitrogens with zero attached hydrogens (tertiary/aromatic N) is 1. The van der Waals surface area contributed by atoms with Gasteiger partial charge in [-0.25, -0.2) is 0 Å². The van der Waals surface area contributed by atoms with E-state index in [2.05, 4.69) is 10.5 Å². The number of rotatable bonds is 5. The highest BCUT2D eigenvalue weighted by molar-refractivity contribution is 5.58. The van der Waals surface area contributed by atoms with Crippen molar-refractivity contribution in [2.24, 2.45) is 0 Å². The molecule has 0 unspecified atom stereocenters. The van der Waals surface area contributed by atoms with Crippen molar-refractivity contribution in [1.82, 2.24) is 10.5 Å². The molecule has 2 aromatic carbocycles. The first-order valence-electron chi connectivity index (χ1n) is 7.26. The highest BCUT2D eigenvalue weighted by Crippen LogP contribution is 2.20. The van der Waals surface area contributed by atoms with Gasteiger partial charge in [0, 0.05) is 17.7 Å². The summed E-state index contributed by atoms with van der Waals surface area (Å²) in [6.45, 7) is 2.62. The Morgan fingerprint density at radius 3 is 2.68 bits per heavy atom. The molecule has 0 aliphatic carbocycles. The van der Waals surface area contributed by atoms with Crippen molar-refractivity contribution in [3.63, 3.8) is 0 Å². The van der Waals surface area contributed by atoms with Gasteiger partial charge in [-0.15, -0.1) is 0 Å². The van der Waals surface area contributed by atoms with Crippen LogP contribution in [0.5, 0.6) is 5.75 Å². The third-order valence-corrected chi connectivity index (χ3v) is 3.58. The summed E-state index contributed by atoms with van der Waals surface area (Å²) in [5.74, 6) is 1.06. The molecule has 3 aromatic rings. The maximum absolute atomic E-state index is 9.52. The molecule has 3 rings (SSSR count). The van der Waals surface area contributed by atoms with Crippen molar-refractivity contribution in [1.29, 1.82) is 0 Å². The first kappa shape index (κ1) is 14.4. The number of phenolic OH excluding ortho intramolecular Hbond substituents is 1. The summed E-state index contributed by atoms with van der Waals surface area (Å²) >= 11 is 0. The molecule has 1 aromatic heterocycles. The van der Waals surface area contributed by atoms with Gasteiger partial charge in [0.1, 0.15) is 11.4 Å². The van der Waals surface area contributed by atoms with E-state index in [9.17, 15) is 5.11 Å². The molecule has 0 bridgehead atoms.